The van der Waals surface area contributed by atoms with Crippen LogP contribution in [0.4, 0.5) is 0 Å². The fourth-order valence-corrected chi connectivity index (χ4v) is 1.18. The first-order valence-electron chi connectivity index (χ1n) is 3.68. The summed E-state index contributed by atoms with van der Waals surface area (Å²) < 4.78 is 4.83. The van der Waals surface area contributed by atoms with Gasteiger partial charge in [-0.3, -0.25) is 0 Å². The molecule has 1 aromatic rings. The van der Waals surface area contributed by atoms with Gasteiger partial charge in [0.2, 0.25) is 5.88 Å². The number of ether oxygens (including phenoxy) is 1. The third-order valence-electron chi connectivity index (χ3n) is 1.41. The predicted molar refractivity (Wildman–Crippen MR) is 52.1 cm³/mol. The summed E-state index contributed by atoms with van der Waals surface area (Å²) in [6, 6.07) is 1.46. The topological polar surface area (TPSA) is 59.4 Å². The van der Waals surface area contributed by atoms with E-state index in [1.54, 1.807) is 6.92 Å². The lowest BCUT2D eigenvalue weighted by atomic mass is 10.4. The number of aromatic nitrogens is 1. The maximum absolute atomic E-state index is 10.2. The summed E-state index contributed by atoms with van der Waals surface area (Å²) in [5.41, 5.74) is 0.538. The standard InChI is InChI=1S/C8H7Cl2NO3/c1-4-5(9)2-6(10)8(11-4)14-3-7(12)13/h2H,3H2,1H3,(H,12,13). The molecule has 0 aliphatic carbocycles. The van der Waals surface area contributed by atoms with E-state index in [9.17, 15) is 4.79 Å². The van der Waals surface area contributed by atoms with Crippen molar-refractivity contribution in [3.8, 4) is 5.88 Å². The first kappa shape index (κ1) is 11.1. The van der Waals surface area contributed by atoms with E-state index in [2.05, 4.69) is 4.98 Å². The molecule has 6 heteroatoms. The second-order valence-corrected chi connectivity index (χ2v) is 3.34. The van der Waals surface area contributed by atoms with Gasteiger partial charge < -0.3 is 9.84 Å². The Kier molecular flexibility index (Phi) is 3.55. The van der Waals surface area contributed by atoms with Crippen molar-refractivity contribution in [2.45, 2.75) is 6.92 Å². The molecule has 0 spiro atoms. The summed E-state index contributed by atoms with van der Waals surface area (Å²) in [6.45, 7) is 1.19. The second kappa shape index (κ2) is 4.48. The fraction of sp³-hybridized carbons (Fsp3) is 0.250. The molecule has 0 unspecified atom stereocenters. The highest BCUT2D eigenvalue weighted by Crippen LogP contribution is 2.27. The van der Waals surface area contributed by atoms with E-state index in [0.29, 0.717) is 10.7 Å². The average molecular weight is 236 g/mol. The van der Waals surface area contributed by atoms with Crippen molar-refractivity contribution in [2.75, 3.05) is 6.61 Å². The highest BCUT2D eigenvalue weighted by Gasteiger charge is 2.08. The molecule has 0 aliphatic heterocycles. The Morgan fingerprint density at radius 3 is 2.79 bits per heavy atom. The number of rotatable bonds is 3. The number of nitrogens with zero attached hydrogens (tertiary/aromatic N) is 1. The number of carboxylic acids is 1. The van der Waals surface area contributed by atoms with E-state index in [1.807, 2.05) is 0 Å². The van der Waals surface area contributed by atoms with Crippen molar-refractivity contribution in [3.63, 3.8) is 0 Å². The minimum Gasteiger partial charge on any atom is -0.479 e. The molecule has 0 atom stereocenters. The number of hydrogen-bond acceptors (Lipinski definition) is 3. The van der Waals surface area contributed by atoms with Gasteiger partial charge in [-0.15, -0.1) is 0 Å². The summed E-state index contributed by atoms with van der Waals surface area (Å²) in [6.07, 6.45) is 0. The molecule has 14 heavy (non-hydrogen) atoms. The number of aryl methyl sites for hydroxylation is 1. The minimum absolute atomic E-state index is 0.0796. The Morgan fingerprint density at radius 1 is 1.57 bits per heavy atom. The molecule has 1 N–H and O–H groups in total. The molecular weight excluding hydrogens is 229 g/mol. The second-order valence-electron chi connectivity index (χ2n) is 2.52. The summed E-state index contributed by atoms with van der Waals surface area (Å²) in [4.78, 5) is 14.1. The van der Waals surface area contributed by atoms with Crippen molar-refractivity contribution in [1.29, 1.82) is 0 Å². The van der Waals surface area contributed by atoms with E-state index < -0.39 is 12.6 Å². The van der Waals surface area contributed by atoms with Crippen molar-refractivity contribution in [3.05, 3.63) is 21.8 Å². The van der Waals surface area contributed by atoms with Crippen LogP contribution in [0.1, 0.15) is 5.69 Å². The van der Waals surface area contributed by atoms with Gasteiger partial charge in [-0.1, -0.05) is 23.2 Å². The molecule has 76 valence electrons. The summed E-state index contributed by atoms with van der Waals surface area (Å²) in [5.74, 6) is -1.01. The monoisotopic (exact) mass is 235 g/mol. The van der Waals surface area contributed by atoms with Crippen LogP contribution in [0.5, 0.6) is 5.88 Å². The van der Waals surface area contributed by atoms with E-state index in [1.165, 1.54) is 6.07 Å². The first-order valence-corrected chi connectivity index (χ1v) is 4.43. The van der Waals surface area contributed by atoms with Crippen LogP contribution in [0.15, 0.2) is 6.07 Å². The van der Waals surface area contributed by atoms with Crippen LogP contribution in [0, 0.1) is 6.92 Å². The van der Waals surface area contributed by atoms with Gasteiger partial charge >= 0.3 is 5.97 Å². The van der Waals surface area contributed by atoms with Crippen molar-refractivity contribution < 1.29 is 14.6 Å². The van der Waals surface area contributed by atoms with E-state index in [-0.39, 0.29) is 10.9 Å². The van der Waals surface area contributed by atoms with Gasteiger partial charge in [0.05, 0.1) is 10.7 Å². The molecule has 0 amide bonds. The van der Waals surface area contributed by atoms with Crippen molar-refractivity contribution in [1.82, 2.24) is 4.98 Å². The molecule has 0 radical (unpaired) electrons. The Balaban J connectivity index is 2.87. The zero-order chi connectivity index (χ0) is 10.7. The van der Waals surface area contributed by atoms with Gasteiger partial charge in [0.25, 0.3) is 0 Å². The first-order chi connectivity index (χ1) is 6.50. The van der Waals surface area contributed by atoms with Crippen LogP contribution in [0.2, 0.25) is 10.0 Å². The molecule has 0 saturated carbocycles. The van der Waals surface area contributed by atoms with Gasteiger partial charge in [0.15, 0.2) is 6.61 Å². The number of aliphatic carboxylic acids is 1. The van der Waals surface area contributed by atoms with E-state index in [0.717, 1.165) is 0 Å². The van der Waals surface area contributed by atoms with Gasteiger partial charge in [-0.25, -0.2) is 9.78 Å². The molecular formula is C8H7Cl2NO3. The normalized spacial score (nSPS) is 9.93. The predicted octanol–water partition coefficient (Wildman–Crippen LogP) is 2.16. The molecule has 1 aromatic heterocycles. The van der Waals surface area contributed by atoms with Crippen LogP contribution >= 0.6 is 23.2 Å². The Bertz CT molecular complexity index is 368. The highest BCUT2D eigenvalue weighted by atomic mass is 35.5. The number of halogens is 2. The third kappa shape index (κ3) is 2.75. The molecule has 0 fully saturated rings. The lowest BCUT2D eigenvalue weighted by Crippen LogP contribution is -2.10. The number of carboxylic acid groups (broad SMARTS) is 1. The van der Waals surface area contributed by atoms with Crippen LogP contribution in [-0.4, -0.2) is 22.7 Å². The van der Waals surface area contributed by atoms with Crippen LogP contribution < -0.4 is 4.74 Å². The van der Waals surface area contributed by atoms with Crippen LogP contribution in [0.25, 0.3) is 0 Å². The fourth-order valence-electron chi connectivity index (χ4n) is 0.768. The maximum Gasteiger partial charge on any atom is 0.341 e. The van der Waals surface area contributed by atoms with Crippen molar-refractivity contribution in [2.24, 2.45) is 0 Å². The molecule has 1 rings (SSSR count). The molecule has 4 nitrogen and oxygen atoms in total. The quantitative estimate of drug-likeness (QED) is 0.873. The minimum atomic E-state index is -1.09. The molecule has 0 saturated heterocycles. The molecule has 1 heterocycles. The highest BCUT2D eigenvalue weighted by molar-refractivity contribution is 6.35. The average Bonchev–Trinajstić information content (AvgIpc) is 2.09. The lowest BCUT2D eigenvalue weighted by Gasteiger charge is -2.06. The maximum atomic E-state index is 10.2. The van der Waals surface area contributed by atoms with Crippen LogP contribution in [-0.2, 0) is 4.79 Å². The third-order valence-corrected chi connectivity index (χ3v) is 2.06. The molecule has 0 aliphatic rings. The van der Waals surface area contributed by atoms with Gasteiger partial charge in [-0.2, -0.15) is 0 Å². The Labute approximate surface area is 90.4 Å². The van der Waals surface area contributed by atoms with Gasteiger partial charge in [0, 0.05) is 0 Å². The van der Waals surface area contributed by atoms with Gasteiger partial charge in [-0.05, 0) is 13.0 Å². The number of pyridine rings is 1. The van der Waals surface area contributed by atoms with Crippen molar-refractivity contribution >= 4 is 29.2 Å². The van der Waals surface area contributed by atoms with E-state index >= 15 is 0 Å². The Morgan fingerprint density at radius 2 is 2.21 bits per heavy atom. The summed E-state index contributed by atoms with van der Waals surface area (Å²) >= 11 is 11.4. The Hall–Kier alpha value is -1.000. The summed E-state index contributed by atoms with van der Waals surface area (Å²) in [5, 5.41) is 8.98. The number of hydrogen-bond donors (Lipinski definition) is 1. The van der Waals surface area contributed by atoms with Gasteiger partial charge in [0.1, 0.15) is 5.02 Å². The number of carbonyl (C=O) groups is 1. The smallest absolute Gasteiger partial charge is 0.341 e. The lowest BCUT2D eigenvalue weighted by molar-refractivity contribution is -0.139. The molecule has 0 aromatic carbocycles. The molecule has 0 bridgehead atoms. The van der Waals surface area contributed by atoms with Crippen LogP contribution in [0.3, 0.4) is 0 Å². The zero-order valence-electron chi connectivity index (χ0n) is 7.25. The SMILES string of the molecule is Cc1nc(OCC(=O)O)c(Cl)cc1Cl. The summed E-state index contributed by atoms with van der Waals surface area (Å²) in [7, 11) is 0. The van der Waals surface area contributed by atoms with E-state index in [4.69, 9.17) is 33.0 Å². The largest absolute Gasteiger partial charge is 0.479 e. The zero-order valence-corrected chi connectivity index (χ0v) is 8.76.